The van der Waals surface area contributed by atoms with Gasteiger partial charge in [-0.3, -0.25) is 0 Å². The summed E-state index contributed by atoms with van der Waals surface area (Å²) in [5, 5.41) is 8.30. The third-order valence-electron chi connectivity index (χ3n) is 3.61. The Bertz CT molecular complexity index is 911. The molecule has 0 saturated heterocycles. The van der Waals surface area contributed by atoms with E-state index in [0.717, 1.165) is 10.1 Å². The second-order valence-corrected chi connectivity index (χ2v) is 6.09. The lowest BCUT2D eigenvalue weighted by Crippen LogP contribution is -2.04. The smallest absolute Gasteiger partial charge is 0.272 e. The van der Waals surface area contributed by atoms with Gasteiger partial charge >= 0.3 is 0 Å². The Morgan fingerprint density at radius 1 is 1.26 bits per heavy atom. The molecule has 0 bridgehead atoms. The summed E-state index contributed by atoms with van der Waals surface area (Å²) in [6.45, 7) is 0. The number of halogens is 4. The molecule has 1 unspecified atom stereocenters. The number of anilines is 2. The van der Waals surface area contributed by atoms with E-state index in [1.165, 1.54) is 6.20 Å². The van der Waals surface area contributed by atoms with E-state index in [1.54, 1.807) is 24.4 Å². The van der Waals surface area contributed by atoms with Gasteiger partial charge in [-0.2, -0.15) is 5.10 Å². The fourth-order valence-electron chi connectivity index (χ4n) is 2.30. The van der Waals surface area contributed by atoms with Crippen LogP contribution in [-0.2, 0) is 0 Å². The maximum Gasteiger partial charge on any atom is 0.272 e. The van der Waals surface area contributed by atoms with Gasteiger partial charge in [-0.05, 0) is 18.2 Å². The SMILES string of the molecule is FC1(F)CC1n1ncc(Nc2ncc3cc(Cl)ccc3n2)c1Cl. The number of alkyl halides is 2. The Morgan fingerprint density at radius 3 is 2.78 bits per heavy atom. The fourth-order valence-corrected chi connectivity index (χ4v) is 2.74. The molecule has 1 saturated carbocycles. The Labute approximate surface area is 139 Å². The lowest BCUT2D eigenvalue weighted by atomic mass is 10.2. The monoisotopic (exact) mass is 355 g/mol. The van der Waals surface area contributed by atoms with Crippen molar-refractivity contribution in [2.75, 3.05) is 5.32 Å². The molecule has 2 heterocycles. The van der Waals surface area contributed by atoms with E-state index in [4.69, 9.17) is 23.2 Å². The first-order chi connectivity index (χ1) is 10.9. The molecule has 2 aromatic heterocycles. The molecule has 1 N–H and O–H groups in total. The zero-order valence-corrected chi connectivity index (χ0v) is 13.0. The van der Waals surface area contributed by atoms with Crippen LogP contribution in [0.1, 0.15) is 12.5 Å². The summed E-state index contributed by atoms with van der Waals surface area (Å²) in [4.78, 5) is 8.48. The van der Waals surface area contributed by atoms with Crippen LogP contribution in [-0.4, -0.2) is 25.7 Å². The van der Waals surface area contributed by atoms with Gasteiger partial charge in [0.2, 0.25) is 5.95 Å². The molecule has 0 radical (unpaired) electrons. The van der Waals surface area contributed by atoms with Crippen LogP contribution in [0.15, 0.2) is 30.6 Å². The molecule has 9 heteroatoms. The van der Waals surface area contributed by atoms with Crippen LogP contribution in [0.2, 0.25) is 10.2 Å². The number of hydrogen-bond acceptors (Lipinski definition) is 4. The van der Waals surface area contributed by atoms with Crippen molar-refractivity contribution in [3.8, 4) is 0 Å². The van der Waals surface area contributed by atoms with Crippen LogP contribution in [0, 0.1) is 0 Å². The largest absolute Gasteiger partial charge is 0.320 e. The molecule has 0 amide bonds. The molecule has 1 aliphatic rings. The van der Waals surface area contributed by atoms with Gasteiger partial charge in [0.05, 0.1) is 17.4 Å². The van der Waals surface area contributed by atoms with Crippen molar-refractivity contribution in [2.45, 2.75) is 18.4 Å². The highest BCUT2D eigenvalue weighted by atomic mass is 35.5. The average molecular weight is 356 g/mol. The highest BCUT2D eigenvalue weighted by Gasteiger charge is 2.59. The standard InChI is InChI=1S/C14H9Cl2F2N5/c15-8-1-2-9-7(3-8)5-19-13(21-9)22-10-6-20-23(12(10)16)11-4-14(11,17)18/h1-3,5-6,11H,4H2,(H,19,21,22). The third kappa shape index (κ3) is 2.60. The molecule has 0 aliphatic heterocycles. The van der Waals surface area contributed by atoms with E-state index in [1.807, 2.05) is 0 Å². The van der Waals surface area contributed by atoms with E-state index in [2.05, 4.69) is 20.4 Å². The second kappa shape index (κ2) is 5.01. The van der Waals surface area contributed by atoms with Crippen molar-refractivity contribution >= 4 is 45.7 Å². The Hall–Kier alpha value is -1.99. The summed E-state index contributed by atoms with van der Waals surface area (Å²) in [7, 11) is 0. The number of rotatable bonds is 3. The van der Waals surface area contributed by atoms with Gasteiger partial charge in [-0.15, -0.1) is 0 Å². The molecule has 5 nitrogen and oxygen atoms in total. The minimum Gasteiger partial charge on any atom is -0.320 e. The number of benzene rings is 1. The maximum atomic E-state index is 13.1. The van der Waals surface area contributed by atoms with Crippen molar-refractivity contribution in [1.82, 2.24) is 19.7 Å². The maximum absolute atomic E-state index is 13.1. The van der Waals surface area contributed by atoms with Gasteiger partial charge in [-0.25, -0.2) is 23.4 Å². The molecule has 3 aromatic rings. The van der Waals surface area contributed by atoms with Crippen molar-refractivity contribution in [2.24, 2.45) is 0 Å². The van der Waals surface area contributed by atoms with E-state index in [9.17, 15) is 8.78 Å². The van der Waals surface area contributed by atoms with E-state index >= 15 is 0 Å². The minimum atomic E-state index is -2.74. The number of hydrogen-bond donors (Lipinski definition) is 1. The second-order valence-electron chi connectivity index (χ2n) is 5.30. The zero-order chi connectivity index (χ0) is 16.2. The number of nitrogens with one attached hydrogen (secondary N) is 1. The first kappa shape index (κ1) is 14.6. The summed E-state index contributed by atoms with van der Waals surface area (Å²) in [5.74, 6) is -2.45. The predicted molar refractivity (Wildman–Crippen MR) is 83.7 cm³/mol. The van der Waals surface area contributed by atoms with Crippen LogP contribution in [0.3, 0.4) is 0 Å². The molecular formula is C14H9Cl2F2N5. The minimum absolute atomic E-state index is 0.104. The van der Waals surface area contributed by atoms with E-state index in [-0.39, 0.29) is 11.6 Å². The van der Waals surface area contributed by atoms with Gasteiger partial charge in [0, 0.05) is 23.0 Å². The summed E-state index contributed by atoms with van der Waals surface area (Å²) in [6.07, 6.45) is 2.75. The summed E-state index contributed by atoms with van der Waals surface area (Å²) < 4.78 is 27.4. The third-order valence-corrected chi connectivity index (χ3v) is 4.22. The fraction of sp³-hybridized carbons (Fsp3) is 0.214. The quantitative estimate of drug-likeness (QED) is 0.753. The first-order valence-corrected chi connectivity index (χ1v) is 7.50. The van der Waals surface area contributed by atoms with Gasteiger partial charge in [0.1, 0.15) is 6.04 Å². The summed E-state index contributed by atoms with van der Waals surface area (Å²) in [6, 6.07) is 4.26. The summed E-state index contributed by atoms with van der Waals surface area (Å²) in [5.41, 5.74) is 1.08. The lowest BCUT2D eigenvalue weighted by Gasteiger charge is -2.05. The van der Waals surface area contributed by atoms with Gasteiger partial charge in [0.15, 0.2) is 5.15 Å². The van der Waals surface area contributed by atoms with Gasteiger partial charge < -0.3 is 5.32 Å². The molecule has 23 heavy (non-hydrogen) atoms. The average Bonchev–Trinajstić information content (AvgIpc) is 2.99. The van der Waals surface area contributed by atoms with Crippen LogP contribution in [0.5, 0.6) is 0 Å². The Balaban J connectivity index is 1.62. The number of fused-ring (bicyclic) bond motifs is 1. The molecule has 4 rings (SSSR count). The molecule has 1 fully saturated rings. The van der Waals surface area contributed by atoms with Crippen LogP contribution >= 0.6 is 23.2 Å². The van der Waals surface area contributed by atoms with Crippen molar-refractivity contribution in [3.63, 3.8) is 0 Å². The topological polar surface area (TPSA) is 55.6 Å². The molecule has 1 aromatic carbocycles. The van der Waals surface area contributed by atoms with Crippen LogP contribution < -0.4 is 5.32 Å². The van der Waals surface area contributed by atoms with Crippen LogP contribution in [0.25, 0.3) is 10.9 Å². The highest BCUT2D eigenvalue weighted by molar-refractivity contribution is 6.32. The molecule has 1 atom stereocenters. The van der Waals surface area contributed by atoms with Crippen molar-refractivity contribution in [3.05, 3.63) is 40.8 Å². The van der Waals surface area contributed by atoms with Crippen LogP contribution in [0.4, 0.5) is 20.4 Å². The Kier molecular flexibility index (Phi) is 3.18. The first-order valence-electron chi connectivity index (χ1n) is 6.74. The van der Waals surface area contributed by atoms with Gasteiger partial charge in [-0.1, -0.05) is 23.2 Å². The molecular weight excluding hydrogens is 347 g/mol. The van der Waals surface area contributed by atoms with E-state index in [0.29, 0.717) is 22.2 Å². The van der Waals surface area contributed by atoms with Crippen molar-refractivity contribution < 1.29 is 8.78 Å². The zero-order valence-electron chi connectivity index (χ0n) is 11.5. The normalized spacial score (nSPS) is 19.0. The lowest BCUT2D eigenvalue weighted by molar-refractivity contribution is 0.0984. The van der Waals surface area contributed by atoms with E-state index < -0.39 is 12.0 Å². The highest BCUT2D eigenvalue weighted by Crippen LogP contribution is 2.53. The van der Waals surface area contributed by atoms with Crippen molar-refractivity contribution in [1.29, 1.82) is 0 Å². The number of nitrogens with zero attached hydrogens (tertiary/aromatic N) is 4. The Morgan fingerprint density at radius 2 is 2.04 bits per heavy atom. The molecule has 118 valence electrons. The van der Waals surface area contributed by atoms with Gasteiger partial charge in [0.25, 0.3) is 5.92 Å². The number of aromatic nitrogens is 4. The summed E-state index contributed by atoms with van der Waals surface area (Å²) >= 11 is 12.0. The predicted octanol–water partition coefficient (Wildman–Crippen LogP) is 4.46. The molecule has 1 aliphatic carbocycles. The molecule has 0 spiro atoms.